The Bertz CT molecular complexity index is 95.8. The molecule has 1 aliphatic rings. The standard InChI is InChI=1S/C7H15NO.ClH/c1-6-3-7(4-6,5-9)8-2;/h6,8-9H,3-5H2,1-2H3;1H. The number of aliphatic hydroxyl groups is 1. The molecule has 0 aliphatic heterocycles. The third kappa shape index (κ3) is 1.62. The molecule has 0 radical (unpaired) electrons. The van der Waals surface area contributed by atoms with Crippen molar-refractivity contribution in [2.24, 2.45) is 5.92 Å². The molecule has 0 saturated heterocycles. The van der Waals surface area contributed by atoms with Crippen LogP contribution in [0.4, 0.5) is 0 Å². The summed E-state index contributed by atoms with van der Waals surface area (Å²) in [6.45, 7) is 2.50. The van der Waals surface area contributed by atoms with E-state index in [-0.39, 0.29) is 24.6 Å². The second-order valence-electron chi connectivity index (χ2n) is 3.20. The number of hydrogen-bond donors (Lipinski definition) is 2. The van der Waals surface area contributed by atoms with Crippen molar-refractivity contribution < 1.29 is 5.11 Å². The largest absolute Gasteiger partial charge is 0.394 e. The van der Waals surface area contributed by atoms with Crippen LogP contribution in [-0.4, -0.2) is 24.3 Å². The Morgan fingerprint density at radius 2 is 2.10 bits per heavy atom. The first-order chi connectivity index (χ1) is 4.22. The van der Waals surface area contributed by atoms with Gasteiger partial charge in [-0.25, -0.2) is 0 Å². The Kier molecular flexibility index (Phi) is 3.63. The summed E-state index contributed by atoms with van der Waals surface area (Å²) >= 11 is 0. The van der Waals surface area contributed by atoms with Gasteiger partial charge in [-0.1, -0.05) is 6.92 Å². The van der Waals surface area contributed by atoms with Gasteiger partial charge in [-0.3, -0.25) is 0 Å². The lowest BCUT2D eigenvalue weighted by Crippen LogP contribution is -2.55. The molecule has 3 heteroatoms. The Morgan fingerprint density at radius 3 is 2.20 bits per heavy atom. The lowest BCUT2D eigenvalue weighted by molar-refractivity contribution is 0.0543. The lowest BCUT2D eigenvalue weighted by Gasteiger charge is -2.45. The lowest BCUT2D eigenvalue weighted by atomic mass is 9.70. The van der Waals surface area contributed by atoms with Crippen molar-refractivity contribution in [3.63, 3.8) is 0 Å². The van der Waals surface area contributed by atoms with Crippen LogP contribution >= 0.6 is 12.4 Å². The molecule has 10 heavy (non-hydrogen) atoms. The number of nitrogens with one attached hydrogen (secondary N) is 1. The highest BCUT2D eigenvalue weighted by molar-refractivity contribution is 5.85. The van der Waals surface area contributed by atoms with E-state index in [1.54, 1.807) is 0 Å². The van der Waals surface area contributed by atoms with E-state index >= 15 is 0 Å². The summed E-state index contributed by atoms with van der Waals surface area (Å²) in [7, 11) is 1.92. The first-order valence-corrected chi connectivity index (χ1v) is 3.52. The first-order valence-electron chi connectivity index (χ1n) is 3.52. The van der Waals surface area contributed by atoms with E-state index < -0.39 is 0 Å². The van der Waals surface area contributed by atoms with Gasteiger partial charge in [0, 0.05) is 5.54 Å². The highest BCUT2D eigenvalue weighted by Gasteiger charge is 2.39. The van der Waals surface area contributed by atoms with Gasteiger partial charge in [0.15, 0.2) is 0 Å². The maximum absolute atomic E-state index is 8.89. The van der Waals surface area contributed by atoms with Crippen LogP contribution in [0.15, 0.2) is 0 Å². The highest BCUT2D eigenvalue weighted by atomic mass is 35.5. The molecule has 0 heterocycles. The maximum Gasteiger partial charge on any atom is 0.0613 e. The van der Waals surface area contributed by atoms with Crippen molar-refractivity contribution in [2.75, 3.05) is 13.7 Å². The van der Waals surface area contributed by atoms with Crippen molar-refractivity contribution in [1.82, 2.24) is 5.32 Å². The molecule has 62 valence electrons. The van der Waals surface area contributed by atoms with E-state index in [2.05, 4.69) is 12.2 Å². The molecule has 2 nitrogen and oxygen atoms in total. The summed E-state index contributed by atoms with van der Waals surface area (Å²) in [4.78, 5) is 0. The van der Waals surface area contributed by atoms with Crippen LogP contribution in [0, 0.1) is 5.92 Å². The molecule has 0 aromatic heterocycles. The molecule has 0 amide bonds. The van der Waals surface area contributed by atoms with Crippen LogP contribution in [-0.2, 0) is 0 Å². The molecule has 0 aromatic carbocycles. The number of likely N-dealkylation sites (N-methyl/N-ethyl adjacent to an activating group) is 1. The topological polar surface area (TPSA) is 32.3 Å². The van der Waals surface area contributed by atoms with E-state index in [9.17, 15) is 0 Å². The van der Waals surface area contributed by atoms with Crippen molar-refractivity contribution >= 4 is 12.4 Å². The molecule has 1 rings (SSSR count). The van der Waals surface area contributed by atoms with Crippen LogP contribution in [0.25, 0.3) is 0 Å². The van der Waals surface area contributed by atoms with Crippen LogP contribution in [0.1, 0.15) is 19.8 Å². The van der Waals surface area contributed by atoms with E-state index in [0.717, 1.165) is 18.8 Å². The minimum Gasteiger partial charge on any atom is -0.394 e. The van der Waals surface area contributed by atoms with E-state index in [4.69, 9.17) is 5.11 Å². The second-order valence-corrected chi connectivity index (χ2v) is 3.20. The van der Waals surface area contributed by atoms with Crippen LogP contribution in [0.3, 0.4) is 0 Å². The number of aliphatic hydroxyl groups excluding tert-OH is 1. The van der Waals surface area contributed by atoms with Gasteiger partial charge in [0.05, 0.1) is 6.61 Å². The summed E-state index contributed by atoms with van der Waals surface area (Å²) in [6, 6.07) is 0. The zero-order valence-corrected chi connectivity index (χ0v) is 7.37. The third-order valence-corrected chi connectivity index (χ3v) is 2.31. The Labute approximate surface area is 68.4 Å². The number of rotatable bonds is 2. The normalized spacial score (nSPS) is 38.1. The number of halogens is 1. The maximum atomic E-state index is 8.89. The third-order valence-electron chi connectivity index (χ3n) is 2.31. The average molecular weight is 166 g/mol. The van der Waals surface area contributed by atoms with Gasteiger partial charge in [0.1, 0.15) is 0 Å². The fourth-order valence-corrected chi connectivity index (χ4v) is 1.69. The van der Waals surface area contributed by atoms with E-state index in [1.165, 1.54) is 0 Å². The zero-order chi connectivity index (χ0) is 6.91. The van der Waals surface area contributed by atoms with Crippen LogP contribution in [0.2, 0.25) is 0 Å². The van der Waals surface area contributed by atoms with Crippen LogP contribution < -0.4 is 5.32 Å². The van der Waals surface area contributed by atoms with E-state index in [0.29, 0.717) is 0 Å². The molecule has 0 unspecified atom stereocenters. The molecule has 0 bridgehead atoms. The van der Waals surface area contributed by atoms with Crippen molar-refractivity contribution in [1.29, 1.82) is 0 Å². The van der Waals surface area contributed by atoms with Gasteiger partial charge >= 0.3 is 0 Å². The highest BCUT2D eigenvalue weighted by Crippen LogP contribution is 2.36. The van der Waals surface area contributed by atoms with Gasteiger partial charge in [-0.15, -0.1) is 12.4 Å². The fraction of sp³-hybridized carbons (Fsp3) is 1.00. The van der Waals surface area contributed by atoms with Crippen molar-refractivity contribution in [3.8, 4) is 0 Å². The minimum absolute atomic E-state index is 0. The summed E-state index contributed by atoms with van der Waals surface area (Å²) in [5.41, 5.74) is 0.0828. The SMILES string of the molecule is CNC1(CO)CC(C)C1.Cl. The predicted molar refractivity (Wildman–Crippen MR) is 44.5 cm³/mol. The average Bonchev–Trinajstić information content (AvgIpc) is 1.81. The molecule has 0 aromatic rings. The molecule has 0 spiro atoms. The summed E-state index contributed by atoms with van der Waals surface area (Å²) in [5, 5.41) is 12.0. The quantitative estimate of drug-likeness (QED) is 0.634. The minimum atomic E-state index is 0. The Morgan fingerprint density at radius 1 is 1.60 bits per heavy atom. The van der Waals surface area contributed by atoms with Crippen molar-refractivity contribution in [2.45, 2.75) is 25.3 Å². The molecule has 1 fully saturated rings. The summed E-state index contributed by atoms with van der Waals surface area (Å²) < 4.78 is 0. The molecular formula is C7H16ClNO. The summed E-state index contributed by atoms with van der Waals surface area (Å²) in [5.74, 6) is 0.796. The van der Waals surface area contributed by atoms with Gasteiger partial charge in [-0.2, -0.15) is 0 Å². The Balaban J connectivity index is 0.000000810. The first kappa shape index (κ1) is 10.2. The monoisotopic (exact) mass is 165 g/mol. The molecule has 2 N–H and O–H groups in total. The molecule has 0 atom stereocenters. The fourth-order valence-electron chi connectivity index (χ4n) is 1.69. The van der Waals surface area contributed by atoms with Gasteiger partial charge < -0.3 is 10.4 Å². The zero-order valence-electron chi connectivity index (χ0n) is 6.55. The van der Waals surface area contributed by atoms with Gasteiger partial charge in [0.25, 0.3) is 0 Å². The van der Waals surface area contributed by atoms with Crippen molar-refractivity contribution in [3.05, 3.63) is 0 Å². The molecule has 1 aliphatic carbocycles. The summed E-state index contributed by atoms with van der Waals surface area (Å²) in [6.07, 6.45) is 2.25. The smallest absolute Gasteiger partial charge is 0.0613 e. The number of hydrogen-bond acceptors (Lipinski definition) is 2. The Hall–Kier alpha value is 0.210. The van der Waals surface area contributed by atoms with Crippen LogP contribution in [0.5, 0.6) is 0 Å². The second kappa shape index (κ2) is 3.56. The predicted octanol–water partition coefficient (Wildman–Crippen LogP) is 0.789. The molecular weight excluding hydrogens is 150 g/mol. The molecule has 1 saturated carbocycles. The van der Waals surface area contributed by atoms with E-state index in [1.807, 2.05) is 7.05 Å². The van der Waals surface area contributed by atoms with Gasteiger partial charge in [0.2, 0.25) is 0 Å². The van der Waals surface area contributed by atoms with Gasteiger partial charge in [-0.05, 0) is 25.8 Å².